The number of hydrogen-bond donors (Lipinski definition) is 3. The predicted molar refractivity (Wildman–Crippen MR) is 92.8 cm³/mol. The maximum atomic E-state index is 12.6. The van der Waals surface area contributed by atoms with Crippen LogP contribution in [0.4, 0.5) is 5.82 Å². The predicted octanol–water partition coefficient (Wildman–Crippen LogP) is 1.44. The number of amides is 1. The summed E-state index contributed by atoms with van der Waals surface area (Å²) in [5.41, 5.74) is 12.1. The fraction of sp³-hybridized carbons (Fsp3) is 0.294. The first-order chi connectivity index (χ1) is 11.1. The number of rotatable bonds is 6. The largest absolute Gasteiger partial charge is 0.383 e. The van der Waals surface area contributed by atoms with Crippen molar-refractivity contribution in [3.8, 4) is 11.1 Å². The first-order valence-corrected chi connectivity index (χ1v) is 7.53. The van der Waals surface area contributed by atoms with Gasteiger partial charge in [0.2, 0.25) is 0 Å². The van der Waals surface area contributed by atoms with E-state index in [1.54, 1.807) is 18.3 Å². The molecule has 0 aliphatic carbocycles. The molecule has 0 spiro atoms. The lowest BCUT2D eigenvalue weighted by molar-refractivity contribution is 0.0684. The van der Waals surface area contributed by atoms with E-state index in [9.17, 15) is 4.79 Å². The summed E-state index contributed by atoms with van der Waals surface area (Å²) in [4.78, 5) is 16.8. The van der Waals surface area contributed by atoms with Crippen molar-refractivity contribution in [2.45, 2.75) is 6.92 Å². The molecule has 1 amide bonds. The molecular formula is C17H23N5O. The Balaban J connectivity index is 2.28. The van der Waals surface area contributed by atoms with Crippen LogP contribution in [0.25, 0.3) is 11.1 Å². The maximum absolute atomic E-state index is 12.6. The Morgan fingerprint density at radius 2 is 2.04 bits per heavy atom. The first-order valence-electron chi connectivity index (χ1n) is 7.53. The SMILES string of the molecule is CNCCN(NC)C(=O)c1cccc(-c2cnc(N)c(C)c2)c1. The molecular weight excluding hydrogens is 290 g/mol. The van der Waals surface area contributed by atoms with Crippen LogP contribution < -0.4 is 16.5 Å². The molecule has 0 atom stereocenters. The highest BCUT2D eigenvalue weighted by Gasteiger charge is 2.14. The highest BCUT2D eigenvalue weighted by atomic mass is 16.2. The van der Waals surface area contributed by atoms with Gasteiger partial charge in [0.15, 0.2) is 0 Å². The van der Waals surface area contributed by atoms with Crippen molar-refractivity contribution in [3.05, 3.63) is 47.7 Å². The number of benzene rings is 1. The zero-order valence-corrected chi connectivity index (χ0v) is 13.8. The van der Waals surface area contributed by atoms with Crippen molar-refractivity contribution >= 4 is 11.7 Å². The van der Waals surface area contributed by atoms with Crippen molar-refractivity contribution in [1.82, 2.24) is 20.7 Å². The summed E-state index contributed by atoms with van der Waals surface area (Å²) in [7, 11) is 3.60. The Morgan fingerprint density at radius 1 is 1.26 bits per heavy atom. The monoisotopic (exact) mass is 313 g/mol. The minimum Gasteiger partial charge on any atom is -0.383 e. The van der Waals surface area contributed by atoms with E-state index in [2.05, 4.69) is 15.7 Å². The molecule has 0 bridgehead atoms. The smallest absolute Gasteiger partial charge is 0.268 e. The Hall–Kier alpha value is -2.44. The van der Waals surface area contributed by atoms with Crippen molar-refractivity contribution in [2.75, 3.05) is 32.9 Å². The van der Waals surface area contributed by atoms with E-state index >= 15 is 0 Å². The van der Waals surface area contributed by atoms with Gasteiger partial charge in [0, 0.05) is 30.9 Å². The number of aryl methyl sites for hydroxylation is 1. The van der Waals surface area contributed by atoms with Gasteiger partial charge in [-0.1, -0.05) is 12.1 Å². The van der Waals surface area contributed by atoms with Gasteiger partial charge >= 0.3 is 0 Å². The van der Waals surface area contributed by atoms with Crippen molar-refractivity contribution in [3.63, 3.8) is 0 Å². The molecule has 2 aromatic rings. The lowest BCUT2D eigenvalue weighted by atomic mass is 10.0. The second kappa shape index (κ2) is 7.71. The molecule has 0 saturated carbocycles. The number of carbonyl (C=O) groups is 1. The van der Waals surface area contributed by atoms with Gasteiger partial charge in [-0.25, -0.2) is 10.4 Å². The van der Waals surface area contributed by atoms with Gasteiger partial charge < -0.3 is 11.1 Å². The molecule has 0 aliphatic rings. The molecule has 6 nitrogen and oxygen atoms in total. The normalized spacial score (nSPS) is 10.6. The number of nitrogens with one attached hydrogen (secondary N) is 2. The topological polar surface area (TPSA) is 83.3 Å². The molecule has 1 aromatic heterocycles. The molecule has 0 aliphatic heterocycles. The summed E-state index contributed by atoms with van der Waals surface area (Å²) >= 11 is 0. The number of carbonyl (C=O) groups excluding carboxylic acids is 1. The summed E-state index contributed by atoms with van der Waals surface area (Å²) < 4.78 is 0. The van der Waals surface area contributed by atoms with E-state index in [0.717, 1.165) is 16.7 Å². The number of hydrogen-bond acceptors (Lipinski definition) is 5. The highest BCUT2D eigenvalue weighted by Crippen LogP contribution is 2.23. The van der Waals surface area contributed by atoms with Crippen LogP contribution >= 0.6 is 0 Å². The van der Waals surface area contributed by atoms with Crippen LogP contribution in [0.5, 0.6) is 0 Å². The van der Waals surface area contributed by atoms with Crippen molar-refractivity contribution in [2.24, 2.45) is 0 Å². The van der Waals surface area contributed by atoms with Gasteiger partial charge in [-0.2, -0.15) is 0 Å². The molecule has 122 valence electrons. The van der Waals surface area contributed by atoms with Gasteiger partial charge in [-0.3, -0.25) is 9.80 Å². The van der Waals surface area contributed by atoms with Gasteiger partial charge in [-0.05, 0) is 43.3 Å². The van der Waals surface area contributed by atoms with E-state index < -0.39 is 0 Å². The van der Waals surface area contributed by atoms with Gasteiger partial charge in [0.25, 0.3) is 5.91 Å². The lowest BCUT2D eigenvalue weighted by Crippen LogP contribution is -2.43. The molecule has 6 heteroatoms. The molecule has 0 radical (unpaired) electrons. The number of anilines is 1. The zero-order valence-electron chi connectivity index (χ0n) is 13.8. The molecule has 1 aromatic carbocycles. The summed E-state index contributed by atoms with van der Waals surface area (Å²) in [6.45, 7) is 3.22. The standard InChI is InChI=1S/C17H23N5O/c1-12-9-15(11-21-16(12)18)13-5-4-6-14(10-13)17(23)22(20-3)8-7-19-2/h4-6,9-11,19-20H,7-8H2,1-3H3,(H2,18,21). The third kappa shape index (κ3) is 4.06. The quantitative estimate of drug-likeness (QED) is 0.703. The molecule has 0 fully saturated rings. The van der Waals surface area contributed by atoms with E-state index in [4.69, 9.17) is 5.73 Å². The van der Waals surface area contributed by atoms with E-state index in [0.29, 0.717) is 24.5 Å². The lowest BCUT2D eigenvalue weighted by Gasteiger charge is -2.21. The fourth-order valence-electron chi connectivity index (χ4n) is 2.27. The minimum atomic E-state index is -0.0651. The number of likely N-dealkylation sites (N-methyl/N-ethyl adjacent to an activating group) is 1. The van der Waals surface area contributed by atoms with Crippen LogP contribution in [-0.4, -0.2) is 43.1 Å². The van der Waals surface area contributed by atoms with Crippen LogP contribution in [0.1, 0.15) is 15.9 Å². The van der Waals surface area contributed by atoms with Gasteiger partial charge in [0.05, 0.1) is 6.54 Å². The number of hydrazine groups is 1. The second-order valence-corrected chi connectivity index (χ2v) is 5.29. The number of aromatic nitrogens is 1. The van der Waals surface area contributed by atoms with Crippen LogP contribution in [0, 0.1) is 6.92 Å². The van der Waals surface area contributed by atoms with E-state index in [-0.39, 0.29) is 5.91 Å². The third-order valence-electron chi connectivity index (χ3n) is 3.66. The molecule has 0 saturated heterocycles. The summed E-state index contributed by atoms with van der Waals surface area (Å²) in [6.07, 6.45) is 1.72. The number of pyridine rings is 1. The number of nitrogens with two attached hydrogens (primary N) is 1. The molecule has 23 heavy (non-hydrogen) atoms. The zero-order chi connectivity index (χ0) is 16.8. The summed E-state index contributed by atoms with van der Waals surface area (Å²) in [5, 5.41) is 4.62. The Morgan fingerprint density at radius 3 is 2.70 bits per heavy atom. The average Bonchev–Trinajstić information content (AvgIpc) is 2.58. The van der Waals surface area contributed by atoms with Gasteiger partial charge in [0.1, 0.15) is 5.82 Å². The maximum Gasteiger partial charge on any atom is 0.268 e. The van der Waals surface area contributed by atoms with Gasteiger partial charge in [-0.15, -0.1) is 0 Å². The van der Waals surface area contributed by atoms with Crippen LogP contribution in [0.2, 0.25) is 0 Å². The molecule has 1 heterocycles. The second-order valence-electron chi connectivity index (χ2n) is 5.29. The number of nitrogen functional groups attached to an aromatic ring is 1. The Labute approximate surface area is 136 Å². The van der Waals surface area contributed by atoms with E-state index in [1.807, 2.05) is 44.3 Å². The van der Waals surface area contributed by atoms with E-state index in [1.165, 1.54) is 0 Å². The summed E-state index contributed by atoms with van der Waals surface area (Å²) in [6, 6.07) is 9.50. The van der Waals surface area contributed by atoms with Crippen LogP contribution in [-0.2, 0) is 0 Å². The minimum absolute atomic E-state index is 0.0651. The van der Waals surface area contributed by atoms with Crippen LogP contribution in [0.15, 0.2) is 36.5 Å². The fourth-order valence-corrected chi connectivity index (χ4v) is 2.27. The molecule has 2 rings (SSSR count). The third-order valence-corrected chi connectivity index (χ3v) is 3.66. The Bertz CT molecular complexity index is 686. The van der Waals surface area contributed by atoms with Crippen molar-refractivity contribution in [1.29, 1.82) is 0 Å². The Kier molecular flexibility index (Phi) is 5.67. The average molecular weight is 313 g/mol. The first kappa shape index (κ1) is 16.9. The van der Waals surface area contributed by atoms with Crippen molar-refractivity contribution < 1.29 is 4.79 Å². The number of nitrogens with zero attached hydrogens (tertiary/aromatic N) is 2. The molecule has 0 unspecified atom stereocenters. The summed E-state index contributed by atoms with van der Waals surface area (Å²) in [5.74, 6) is 0.458. The highest BCUT2D eigenvalue weighted by molar-refractivity contribution is 5.95. The molecule has 4 N–H and O–H groups in total. The van der Waals surface area contributed by atoms with Crippen LogP contribution in [0.3, 0.4) is 0 Å².